The first-order valence-corrected chi connectivity index (χ1v) is 7.32. The number of aromatic nitrogens is 3. The van der Waals surface area contributed by atoms with Crippen LogP contribution in [0.2, 0.25) is 0 Å². The molecule has 0 atom stereocenters. The van der Waals surface area contributed by atoms with Gasteiger partial charge in [-0.15, -0.1) is 0 Å². The van der Waals surface area contributed by atoms with E-state index >= 15 is 0 Å². The van der Waals surface area contributed by atoms with Crippen molar-refractivity contribution in [2.24, 2.45) is 0 Å². The van der Waals surface area contributed by atoms with Crippen LogP contribution in [0.25, 0.3) is 0 Å². The molecule has 5 heteroatoms. The molecule has 2 aromatic heterocycles. The van der Waals surface area contributed by atoms with Gasteiger partial charge in [0.2, 0.25) is 0 Å². The van der Waals surface area contributed by atoms with Crippen molar-refractivity contribution in [3.63, 3.8) is 0 Å². The van der Waals surface area contributed by atoms with Crippen molar-refractivity contribution < 1.29 is 9.53 Å². The Morgan fingerprint density at radius 2 is 1.78 bits per heavy atom. The lowest BCUT2D eigenvalue weighted by Gasteiger charge is -2.09. The predicted molar refractivity (Wildman–Crippen MR) is 86.2 cm³/mol. The first-order valence-electron chi connectivity index (χ1n) is 7.32. The molecular formula is C18H17N3O2. The molecule has 0 aliphatic carbocycles. The summed E-state index contributed by atoms with van der Waals surface area (Å²) in [6.07, 6.45) is 8.10. The fraction of sp³-hybridized carbons (Fsp3) is 0.167. The van der Waals surface area contributed by atoms with E-state index in [0.717, 1.165) is 17.8 Å². The molecule has 1 aromatic carbocycles. The van der Waals surface area contributed by atoms with E-state index in [0.29, 0.717) is 12.1 Å². The molecule has 116 valence electrons. The molecule has 23 heavy (non-hydrogen) atoms. The predicted octanol–water partition coefficient (Wildman–Crippen LogP) is 2.70. The van der Waals surface area contributed by atoms with Crippen molar-refractivity contribution in [1.29, 1.82) is 0 Å². The lowest BCUT2D eigenvalue weighted by atomic mass is 10.1. The van der Waals surface area contributed by atoms with Crippen LogP contribution >= 0.6 is 0 Å². The maximum Gasteiger partial charge on any atom is 0.337 e. The number of esters is 1. The fourth-order valence-electron chi connectivity index (χ4n) is 2.40. The Bertz CT molecular complexity index is 780. The van der Waals surface area contributed by atoms with Crippen LogP contribution in [0.15, 0.2) is 61.2 Å². The van der Waals surface area contributed by atoms with Gasteiger partial charge in [0.05, 0.1) is 12.7 Å². The highest BCUT2D eigenvalue weighted by molar-refractivity contribution is 5.89. The Hall–Kier alpha value is -2.95. The van der Waals surface area contributed by atoms with Crippen molar-refractivity contribution in [2.45, 2.75) is 13.0 Å². The summed E-state index contributed by atoms with van der Waals surface area (Å²) in [6.45, 7) is 0.710. The number of carbonyl (C=O) groups is 1. The number of imidazole rings is 1. The minimum atomic E-state index is -0.322. The van der Waals surface area contributed by atoms with Gasteiger partial charge in [-0.3, -0.25) is 4.98 Å². The molecule has 3 aromatic rings. The molecule has 2 heterocycles. The summed E-state index contributed by atoms with van der Waals surface area (Å²) in [5, 5.41) is 0. The van der Waals surface area contributed by atoms with Crippen LogP contribution in [0, 0.1) is 0 Å². The van der Waals surface area contributed by atoms with Crippen LogP contribution in [-0.4, -0.2) is 27.6 Å². The van der Waals surface area contributed by atoms with Gasteiger partial charge in [-0.1, -0.05) is 12.1 Å². The summed E-state index contributed by atoms with van der Waals surface area (Å²) in [4.78, 5) is 19.9. The topological polar surface area (TPSA) is 57.0 Å². The monoisotopic (exact) mass is 307 g/mol. The summed E-state index contributed by atoms with van der Waals surface area (Å²) >= 11 is 0. The third kappa shape index (κ3) is 3.63. The molecule has 0 fully saturated rings. The molecule has 0 N–H and O–H groups in total. The minimum Gasteiger partial charge on any atom is -0.465 e. The van der Waals surface area contributed by atoms with Crippen LogP contribution in [0.1, 0.15) is 27.3 Å². The van der Waals surface area contributed by atoms with Gasteiger partial charge in [0, 0.05) is 37.8 Å². The van der Waals surface area contributed by atoms with Gasteiger partial charge < -0.3 is 9.30 Å². The Balaban J connectivity index is 1.74. The van der Waals surface area contributed by atoms with Crippen LogP contribution in [-0.2, 0) is 17.7 Å². The molecule has 0 bridgehead atoms. The number of nitrogens with zero attached hydrogens (tertiary/aromatic N) is 3. The zero-order valence-electron chi connectivity index (χ0n) is 12.8. The van der Waals surface area contributed by atoms with E-state index in [1.54, 1.807) is 30.7 Å². The summed E-state index contributed by atoms with van der Waals surface area (Å²) in [6, 6.07) is 11.4. The molecular weight excluding hydrogens is 290 g/mol. The van der Waals surface area contributed by atoms with Gasteiger partial charge in [-0.2, -0.15) is 0 Å². The number of pyridine rings is 1. The van der Waals surface area contributed by atoms with Gasteiger partial charge in [0.1, 0.15) is 5.82 Å². The van der Waals surface area contributed by atoms with Crippen LogP contribution in [0.3, 0.4) is 0 Å². The van der Waals surface area contributed by atoms with Gasteiger partial charge in [0.25, 0.3) is 0 Å². The van der Waals surface area contributed by atoms with E-state index in [1.807, 2.05) is 30.5 Å². The Kier molecular flexibility index (Phi) is 4.47. The second-order valence-electron chi connectivity index (χ2n) is 5.19. The number of carbonyl (C=O) groups excluding carboxylic acids is 1. The van der Waals surface area contributed by atoms with Gasteiger partial charge in [-0.25, -0.2) is 9.78 Å². The summed E-state index contributed by atoms with van der Waals surface area (Å²) in [7, 11) is 1.38. The Labute approximate surface area is 134 Å². The Morgan fingerprint density at radius 3 is 2.48 bits per heavy atom. The van der Waals surface area contributed by atoms with Crippen molar-refractivity contribution >= 4 is 5.97 Å². The van der Waals surface area contributed by atoms with Crippen LogP contribution in [0.5, 0.6) is 0 Å². The summed E-state index contributed by atoms with van der Waals surface area (Å²) in [5.41, 5.74) is 2.83. The molecule has 0 saturated carbocycles. The second kappa shape index (κ2) is 6.87. The standard InChI is InChI=1S/C18H17N3O2/c1-23-18(22)16-4-2-15(3-5-16)13-21-11-10-20-17(21)12-14-6-8-19-9-7-14/h2-11H,12-13H2,1H3. The average molecular weight is 307 g/mol. The zero-order chi connectivity index (χ0) is 16.1. The van der Waals surface area contributed by atoms with Crippen molar-refractivity contribution in [3.8, 4) is 0 Å². The first-order chi connectivity index (χ1) is 11.3. The molecule has 0 aliphatic rings. The largest absolute Gasteiger partial charge is 0.465 e. The molecule has 0 saturated heterocycles. The molecule has 0 radical (unpaired) electrons. The highest BCUT2D eigenvalue weighted by atomic mass is 16.5. The van der Waals surface area contributed by atoms with Crippen LogP contribution < -0.4 is 0 Å². The van der Waals surface area contributed by atoms with E-state index in [2.05, 4.69) is 14.5 Å². The average Bonchev–Trinajstić information content (AvgIpc) is 3.02. The first kappa shape index (κ1) is 15.0. The van der Waals surface area contributed by atoms with E-state index in [9.17, 15) is 4.79 Å². The third-order valence-corrected chi connectivity index (χ3v) is 3.64. The quantitative estimate of drug-likeness (QED) is 0.680. The summed E-state index contributed by atoms with van der Waals surface area (Å²) in [5.74, 6) is 0.672. The fourth-order valence-corrected chi connectivity index (χ4v) is 2.40. The minimum absolute atomic E-state index is 0.322. The molecule has 0 amide bonds. The van der Waals surface area contributed by atoms with Gasteiger partial charge in [0.15, 0.2) is 0 Å². The molecule has 3 rings (SSSR count). The summed E-state index contributed by atoms with van der Waals surface area (Å²) < 4.78 is 6.81. The molecule has 5 nitrogen and oxygen atoms in total. The number of hydrogen-bond acceptors (Lipinski definition) is 4. The van der Waals surface area contributed by atoms with Crippen molar-refractivity contribution in [1.82, 2.24) is 14.5 Å². The molecule has 0 unspecified atom stereocenters. The Morgan fingerprint density at radius 1 is 1.04 bits per heavy atom. The maximum atomic E-state index is 11.5. The maximum absolute atomic E-state index is 11.5. The number of ether oxygens (including phenoxy) is 1. The second-order valence-corrected chi connectivity index (χ2v) is 5.19. The van der Waals surface area contributed by atoms with Gasteiger partial charge in [-0.05, 0) is 35.4 Å². The molecule has 0 spiro atoms. The van der Waals surface area contributed by atoms with E-state index in [4.69, 9.17) is 4.74 Å². The van der Waals surface area contributed by atoms with E-state index in [-0.39, 0.29) is 5.97 Å². The van der Waals surface area contributed by atoms with Gasteiger partial charge >= 0.3 is 5.97 Å². The zero-order valence-corrected chi connectivity index (χ0v) is 12.8. The van der Waals surface area contributed by atoms with E-state index in [1.165, 1.54) is 12.7 Å². The number of benzene rings is 1. The number of rotatable bonds is 5. The lowest BCUT2D eigenvalue weighted by molar-refractivity contribution is 0.0600. The SMILES string of the molecule is COC(=O)c1ccc(Cn2ccnc2Cc2ccncc2)cc1. The third-order valence-electron chi connectivity index (χ3n) is 3.64. The van der Waals surface area contributed by atoms with E-state index < -0.39 is 0 Å². The highest BCUT2D eigenvalue weighted by Gasteiger charge is 2.07. The molecule has 0 aliphatic heterocycles. The van der Waals surface area contributed by atoms with Crippen molar-refractivity contribution in [2.75, 3.05) is 7.11 Å². The lowest BCUT2D eigenvalue weighted by Crippen LogP contribution is -2.06. The highest BCUT2D eigenvalue weighted by Crippen LogP contribution is 2.11. The number of hydrogen-bond donors (Lipinski definition) is 0. The smallest absolute Gasteiger partial charge is 0.337 e. The number of methoxy groups -OCH3 is 1. The van der Waals surface area contributed by atoms with Crippen LogP contribution in [0.4, 0.5) is 0 Å². The normalized spacial score (nSPS) is 10.5. The van der Waals surface area contributed by atoms with Crippen molar-refractivity contribution in [3.05, 3.63) is 83.7 Å².